The quantitative estimate of drug-likeness (QED) is 0.766. The van der Waals surface area contributed by atoms with Crippen molar-refractivity contribution in [3.63, 3.8) is 0 Å². The monoisotopic (exact) mass is 270 g/mol. The van der Waals surface area contributed by atoms with E-state index in [9.17, 15) is 9.59 Å². The first-order valence-electron chi connectivity index (χ1n) is 5.84. The minimum Gasteiger partial charge on any atom is -0.465 e. The van der Waals surface area contributed by atoms with Crippen LogP contribution in [0.25, 0.3) is 0 Å². The Morgan fingerprint density at radius 2 is 2.17 bits per heavy atom. The van der Waals surface area contributed by atoms with Crippen LogP contribution in [0.3, 0.4) is 0 Å². The molecule has 1 heterocycles. The van der Waals surface area contributed by atoms with E-state index < -0.39 is 5.97 Å². The van der Waals surface area contributed by atoms with Crippen LogP contribution in [-0.2, 0) is 9.53 Å². The number of rotatable bonds is 5. The lowest BCUT2D eigenvalue weighted by atomic mass is 10.3. The number of hydrogen-bond acceptors (Lipinski definition) is 5. The zero-order chi connectivity index (χ0) is 13.7. The molecule has 1 aromatic heterocycles. The number of amides is 1. The predicted octanol–water partition coefficient (Wildman–Crippen LogP) is 1.87. The first-order chi connectivity index (χ1) is 8.45. The van der Waals surface area contributed by atoms with Crippen LogP contribution in [0, 0.1) is 6.92 Å². The van der Waals surface area contributed by atoms with E-state index in [4.69, 9.17) is 4.74 Å². The number of nitrogens with zero attached hydrogens (tertiary/aromatic N) is 2. The summed E-state index contributed by atoms with van der Waals surface area (Å²) in [6, 6.07) is -0.0797. The van der Waals surface area contributed by atoms with Crippen LogP contribution in [-0.4, -0.2) is 41.0 Å². The van der Waals surface area contributed by atoms with Gasteiger partial charge in [-0.3, -0.25) is 9.59 Å². The van der Waals surface area contributed by atoms with E-state index in [0.29, 0.717) is 12.3 Å². The number of carbonyl (C=O) groups is 2. The van der Waals surface area contributed by atoms with Gasteiger partial charge in [-0.1, -0.05) is 0 Å². The molecule has 6 heteroatoms. The lowest BCUT2D eigenvalue weighted by Gasteiger charge is -2.24. The summed E-state index contributed by atoms with van der Waals surface area (Å²) >= 11 is 1.42. The zero-order valence-electron chi connectivity index (χ0n) is 11.1. The molecule has 1 amide bonds. The van der Waals surface area contributed by atoms with Gasteiger partial charge in [0.05, 0.1) is 11.6 Å². The normalized spacial score (nSPS) is 10.5. The van der Waals surface area contributed by atoms with Crippen LogP contribution in [0.2, 0.25) is 0 Å². The van der Waals surface area contributed by atoms with E-state index in [1.165, 1.54) is 16.2 Å². The lowest BCUT2D eigenvalue weighted by molar-refractivity contribution is -0.144. The third-order valence-electron chi connectivity index (χ3n) is 2.33. The van der Waals surface area contributed by atoms with Gasteiger partial charge in [0, 0.05) is 11.4 Å². The number of esters is 1. The van der Waals surface area contributed by atoms with Gasteiger partial charge in [-0.05, 0) is 27.7 Å². The Morgan fingerprint density at radius 1 is 1.50 bits per heavy atom. The van der Waals surface area contributed by atoms with Crippen molar-refractivity contribution in [3.05, 3.63) is 16.1 Å². The summed E-state index contributed by atoms with van der Waals surface area (Å²) in [4.78, 5) is 29.3. The fraction of sp³-hybridized carbons (Fsp3) is 0.583. The fourth-order valence-electron chi connectivity index (χ4n) is 1.44. The van der Waals surface area contributed by atoms with Gasteiger partial charge < -0.3 is 9.64 Å². The molecule has 0 radical (unpaired) electrons. The van der Waals surface area contributed by atoms with Crippen LogP contribution in [0.1, 0.15) is 36.3 Å². The van der Waals surface area contributed by atoms with Gasteiger partial charge in [-0.25, -0.2) is 4.98 Å². The number of carbonyl (C=O) groups excluding carboxylic acids is 2. The minimum atomic E-state index is -0.397. The van der Waals surface area contributed by atoms with Crippen molar-refractivity contribution in [1.82, 2.24) is 9.88 Å². The standard InChI is InChI=1S/C12H18N2O3S/c1-5-17-11(15)6-14(8(2)3)12(16)10-7-18-9(4)13-10/h7-8H,5-6H2,1-4H3. The first-order valence-corrected chi connectivity index (χ1v) is 6.72. The Hall–Kier alpha value is -1.43. The fourth-order valence-corrected chi connectivity index (χ4v) is 2.03. The largest absolute Gasteiger partial charge is 0.465 e. The van der Waals surface area contributed by atoms with Gasteiger partial charge >= 0.3 is 5.97 Å². The van der Waals surface area contributed by atoms with Crippen LogP contribution in [0.4, 0.5) is 0 Å². The van der Waals surface area contributed by atoms with E-state index in [1.54, 1.807) is 12.3 Å². The van der Waals surface area contributed by atoms with E-state index in [2.05, 4.69) is 4.98 Å². The second kappa shape index (κ2) is 6.49. The summed E-state index contributed by atoms with van der Waals surface area (Å²) in [7, 11) is 0. The molecular weight excluding hydrogens is 252 g/mol. The van der Waals surface area contributed by atoms with Gasteiger partial charge in [0.25, 0.3) is 5.91 Å². The zero-order valence-corrected chi connectivity index (χ0v) is 11.9. The van der Waals surface area contributed by atoms with Crippen molar-refractivity contribution in [1.29, 1.82) is 0 Å². The van der Waals surface area contributed by atoms with Crippen LogP contribution >= 0.6 is 11.3 Å². The molecule has 0 saturated heterocycles. The van der Waals surface area contributed by atoms with E-state index in [1.807, 2.05) is 20.8 Å². The molecule has 0 bridgehead atoms. The third kappa shape index (κ3) is 3.80. The Morgan fingerprint density at radius 3 is 2.61 bits per heavy atom. The van der Waals surface area contributed by atoms with Crippen molar-refractivity contribution in [2.45, 2.75) is 33.7 Å². The van der Waals surface area contributed by atoms with Gasteiger partial charge in [-0.2, -0.15) is 0 Å². The number of hydrogen-bond donors (Lipinski definition) is 0. The van der Waals surface area contributed by atoms with E-state index in [-0.39, 0.29) is 18.5 Å². The Kier molecular flexibility index (Phi) is 5.27. The number of aromatic nitrogens is 1. The van der Waals surface area contributed by atoms with Crippen LogP contribution in [0.15, 0.2) is 5.38 Å². The van der Waals surface area contributed by atoms with E-state index in [0.717, 1.165) is 5.01 Å². The van der Waals surface area contributed by atoms with Crippen LogP contribution in [0.5, 0.6) is 0 Å². The second-order valence-electron chi connectivity index (χ2n) is 4.08. The van der Waals surface area contributed by atoms with Gasteiger partial charge in [0.1, 0.15) is 12.2 Å². The van der Waals surface area contributed by atoms with Crippen molar-refractivity contribution in [2.24, 2.45) is 0 Å². The summed E-state index contributed by atoms with van der Waals surface area (Å²) in [6.07, 6.45) is 0. The molecule has 18 heavy (non-hydrogen) atoms. The first kappa shape index (κ1) is 14.6. The molecule has 0 aliphatic carbocycles. The predicted molar refractivity (Wildman–Crippen MR) is 69.7 cm³/mol. The smallest absolute Gasteiger partial charge is 0.325 e. The molecule has 1 rings (SSSR count). The van der Waals surface area contributed by atoms with Crippen molar-refractivity contribution >= 4 is 23.2 Å². The minimum absolute atomic E-state index is 0.0408. The van der Waals surface area contributed by atoms with Gasteiger partial charge in [0.15, 0.2) is 0 Å². The second-order valence-corrected chi connectivity index (χ2v) is 5.15. The summed E-state index contributed by atoms with van der Waals surface area (Å²) in [5, 5.41) is 2.54. The maximum Gasteiger partial charge on any atom is 0.325 e. The molecule has 1 aromatic rings. The van der Waals surface area contributed by atoms with Gasteiger partial charge in [0.2, 0.25) is 0 Å². The lowest BCUT2D eigenvalue weighted by Crippen LogP contribution is -2.41. The van der Waals surface area contributed by atoms with Crippen molar-refractivity contribution in [2.75, 3.05) is 13.2 Å². The Labute approximate surface area is 111 Å². The average molecular weight is 270 g/mol. The van der Waals surface area contributed by atoms with Gasteiger partial charge in [-0.15, -0.1) is 11.3 Å². The molecule has 5 nitrogen and oxygen atoms in total. The van der Waals surface area contributed by atoms with Crippen molar-refractivity contribution < 1.29 is 14.3 Å². The summed E-state index contributed by atoms with van der Waals surface area (Å²) in [5.41, 5.74) is 0.385. The van der Waals surface area contributed by atoms with Crippen molar-refractivity contribution in [3.8, 4) is 0 Å². The maximum atomic E-state index is 12.2. The van der Waals surface area contributed by atoms with E-state index >= 15 is 0 Å². The molecule has 0 saturated carbocycles. The highest BCUT2D eigenvalue weighted by atomic mass is 32.1. The molecule has 0 atom stereocenters. The maximum absolute atomic E-state index is 12.2. The topological polar surface area (TPSA) is 59.5 Å². The molecule has 0 N–H and O–H groups in total. The molecule has 0 fully saturated rings. The molecule has 0 aliphatic heterocycles. The highest BCUT2D eigenvalue weighted by molar-refractivity contribution is 7.09. The highest BCUT2D eigenvalue weighted by Gasteiger charge is 2.23. The third-order valence-corrected chi connectivity index (χ3v) is 3.10. The molecular formula is C12H18N2O3S. The summed E-state index contributed by atoms with van der Waals surface area (Å²) in [5.74, 6) is -0.631. The number of thiazole rings is 1. The highest BCUT2D eigenvalue weighted by Crippen LogP contribution is 2.12. The Bertz CT molecular complexity index is 429. The number of ether oxygens (including phenoxy) is 1. The Balaban J connectivity index is 2.79. The summed E-state index contributed by atoms with van der Waals surface area (Å²) in [6.45, 7) is 7.57. The molecule has 0 aromatic carbocycles. The molecule has 0 unspecified atom stereocenters. The molecule has 100 valence electrons. The molecule has 0 spiro atoms. The van der Waals surface area contributed by atoms with Crippen LogP contribution < -0.4 is 0 Å². The molecule has 0 aliphatic rings. The average Bonchev–Trinajstić information content (AvgIpc) is 2.72. The summed E-state index contributed by atoms with van der Waals surface area (Å²) < 4.78 is 4.86. The SMILES string of the molecule is CCOC(=O)CN(C(=O)c1csc(C)n1)C(C)C. The number of aryl methyl sites for hydroxylation is 1.